The van der Waals surface area contributed by atoms with Crippen molar-refractivity contribution in [1.82, 2.24) is 0 Å². The van der Waals surface area contributed by atoms with Gasteiger partial charge in [-0.15, -0.1) is 11.6 Å². The number of halogens is 1. The van der Waals surface area contributed by atoms with Crippen LogP contribution in [0, 0.1) is 0 Å². The number of rotatable bonds is 3. The van der Waals surface area contributed by atoms with Crippen molar-refractivity contribution in [1.29, 1.82) is 0 Å². The molecule has 0 unspecified atom stereocenters. The van der Waals surface area contributed by atoms with Crippen molar-refractivity contribution in [2.45, 2.75) is 5.38 Å². The minimum absolute atomic E-state index is 0.278. The maximum Gasteiger partial charge on any atom is 0.246 e. The number of ether oxygens (including phenoxy) is 2. The summed E-state index contributed by atoms with van der Waals surface area (Å²) >= 11 is 6.18. The normalized spacial score (nSPS) is 14.3. The van der Waals surface area contributed by atoms with E-state index < -0.39 is 5.38 Å². The standard InChI is InChI=1S/C16H14ClNO3/c17-15(11-4-2-1-3-5-11)16(19)18-12-6-7-13-14(10-12)21-9-8-20-13/h1-7,10,15H,8-9H2,(H,18,19)/t15-/m1/s1. The van der Waals surface area contributed by atoms with Crippen LogP contribution >= 0.6 is 11.6 Å². The van der Waals surface area contributed by atoms with Gasteiger partial charge in [0, 0.05) is 11.8 Å². The van der Waals surface area contributed by atoms with Gasteiger partial charge in [-0.05, 0) is 17.7 Å². The summed E-state index contributed by atoms with van der Waals surface area (Å²) in [5, 5.41) is 2.05. The zero-order valence-electron chi connectivity index (χ0n) is 11.2. The second kappa shape index (κ2) is 6.06. The molecular weight excluding hydrogens is 290 g/mol. The lowest BCUT2D eigenvalue weighted by Gasteiger charge is -2.19. The predicted molar refractivity (Wildman–Crippen MR) is 81.1 cm³/mol. The molecule has 0 bridgehead atoms. The highest BCUT2D eigenvalue weighted by Gasteiger charge is 2.18. The number of nitrogens with one attached hydrogen (secondary N) is 1. The van der Waals surface area contributed by atoms with Crippen molar-refractivity contribution in [3.63, 3.8) is 0 Å². The molecule has 2 aromatic carbocycles. The van der Waals surface area contributed by atoms with Gasteiger partial charge < -0.3 is 14.8 Å². The largest absolute Gasteiger partial charge is 0.486 e. The van der Waals surface area contributed by atoms with E-state index in [0.29, 0.717) is 30.4 Å². The van der Waals surface area contributed by atoms with Crippen LogP contribution in [0.15, 0.2) is 48.5 Å². The zero-order valence-corrected chi connectivity index (χ0v) is 12.0. The minimum atomic E-state index is -0.737. The monoisotopic (exact) mass is 303 g/mol. The molecule has 1 amide bonds. The molecule has 108 valence electrons. The lowest BCUT2D eigenvalue weighted by atomic mass is 10.1. The first-order valence-electron chi connectivity index (χ1n) is 6.63. The second-order valence-electron chi connectivity index (χ2n) is 4.62. The van der Waals surface area contributed by atoms with E-state index in [1.54, 1.807) is 18.2 Å². The molecule has 0 spiro atoms. The molecule has 0 aliphatic carbocycles. The molecule has 0 saturated carbocycles. The van der Waals surface area contributed by atoms with Crippen molar-refractivity contribution in [3.8, 4) is 11.5 Å². The number of carbonyl (C=O) groups is 1. The fourth-order valence-corrected chi connectivity index (χ4v) is 2.30. The van der Waals surface area contributed by atoms with Crippen LogP contribution in [0.3, 0.4) is 0 Å². The average molecular weight is 304 g/mol. The number of hydrogen-bond donors (Lipinski definition) is 1. The smallest absolute Gasteiger partial charge is 0.246 e. The quantitative estimate of drug-likeness (QED) is 0.884. The maximum atomic E-state index is 12.2. The van der Waals surface area contributed by atoms with E-state index in [9.17, 15) is 4.79 Å². The van der Waals surface area contributed by atoms with Gasteiger partial charge in [-0.25, -0.2) is 0 Å². The molecule has 1 N–H and O–H groups in total. The van der Waals surface area contributed by atoms with E-state index in [4.69, 9.17) is 21.1 Å². The van der Waals surface area contributed by atoms with E-state index in [-0.39, 0.29) is 5.91 Å². The summed E-state index contributed by atoms with van der Waals surface area (Å²) in [7, 11) is 0. The van der Waals surface area contributed by atoms with Gasteiger partial charge in [0.05, 0.1) is 0 Å². The summed E-state index contributed by atoms with van der Waals surface area (Å²) in [6.45, 7) is 1.04. The predicted octanol–water partition coefficient (Wildman–Crippen LogP) is 3.38. The average Bonchev–Trinajstić information content (AvgIpc) is 2.55. The molecule has 0 radical (unpaired) electrons. The molecule has 21 heavy (non-hydrogen) atoms. The van der Waals surface area contributed by atoms with Gasteiger partial charge in [-0.2, -0.15) is 0 Å². The van der Waals surface area contributed by atoms with Crippen LogP contribution in [-0.4, -0.2) is 19.1 Å². The fraction of sp³-hybridized carbons (Fsp3) is 0.188. The molecule has 5 heteroatoms. The third-order valence-electron chi connectivity index (χ3n) is 3.13. The van der Waals surface area contributed by atoms with Crippen LogP contribution in [0.2, 0.25) is 0 Å². The first-order chi connectivity index (χ1) is 10.2. The van der Waals surface area contributed by atoms with Gasteiger partial charge in [-0.3, -0.25) is 4.79 Å². The van der Waals surface area contributed by atoms with E-state index in [1.165, 1.54) is 0 Å². The first kappa shape index (κ1) is 13.8. The van der Waals surface area contributed by atoms with Crippen LogP contribution < -0.4 is 14.8 Å². The van der Waals surface area contributed by atoms with Crippen LogP contribution in [0.5, 0.6) is 11.5 Å². The molecule has 2 aromatic rings. The number of amides is 1. The van der Waals surface area contributed by atoms with Crippen LogP contribution in [0.25, 0.3) is 0 Å². The molecule has 1 heterocycles. The number of benzene rings is 2. The topological polar surface area (TPSA) is 47.6 Å². The number of alkyl halides is 1. The third-order valence-corrected chi connectivity index (χ3v) is 3.58. The maximum absolute atomic E-state index is 12.2. The summed E-state index contributed by atoms with van der Waals surface area (Å²) in [4.78, 5) is 12.2. The van der Waals surface area contributed by atoms with E-state index in [0.717, 1.165) is 5.56 Å². The first-order valence-corrected chi connectivity index (χ1v) is 7.07. The Labute approximate surface area is 127 Å². The number of carbonyl (C=O) groups excluding carboxylic acids is 1. The Morgan fingerprint density at radius 3 is 2.52 bits per heavy atom. The molecule has 0 fully saturated rings. The Bertz CT molecular complexity index is 645. The SMILES string of the molecule is O=C(Nc1ccc2c(c1)OCCO2)[C@H](Cl)c1ccccc1. The van der Waals surface area contributed by atoms with E-state index >= 15 is 0 Å². The van der Waals surface area contributed by atoms with Crippen molar-refractivity contribution in [2.75, 3.05) is 18.5 Å². The van der Waals surface area contributed by atoms with Gasteiger partial charge in [0.2, 0.25) is 5.91 Å². The Balaban J connectivity index is 1.73. The van der Waals surface area contributed by atoms with Crippen molar-refractivity contribution in [3.05, 3.63) is 54.1 Å². The fourth-order valence-electron chi connectivity index (χ4n) is 2.10. The molecule has 1 aliphatic heterocycles. The van der Waals surface area contributed by atoms with Gasteiger partial charge in [0.1, 0.15) is 18.6 Å². The van der Waals surface area contributed by atoms with Gasteiger partial charge in [0.25, 0.3) is 0 Å². The highest BCUT2D eigenvalue weighted by molar-refractivity contribution is 6.32. The summed E-state index contributed by atoms with van der Waals surface area (Å²) in [6.07, 6.45) is 0. The van der Waals surface area contributed by atoms with E-state index in [2.05, 4.69) is 5.32 Å². The number of anilines is 1. The summed E-state index contributed by atoms with van der Waals surface area (Å²) < 4.78 is 10.9. The number of hydrogen-bond acceptors (Lipinski definition) is 3. The highest BCUT2D eigenvalue weighted by Crippen LogP contribution is 2.33. The molecular formula is C16H14ClNO3. The number of fused-ring (bicyclic) bond motifs is 1. The molecule has 4 nitrogen and oxygen atoms in total. The molecule has 0 saturated heterocycles. The highest BCUT2D eigenvalue weighted by atomic mass is 35.5. The lowest BCUT2D eigenvalue weighted by molar-refractivity contribution is -0.116. The van der Waals surface area contributed by atoms with Crippen molar-refractivity contribution < 1.29 is 14.3 Å². The van der Waals surface area contributed by atoms with Gasteiger partial charge >= 0.3 is 0 Å². The lowest BCUT2D eigenvalue weighted by Crippen LogP contribution is -2.18. The molecule has 1 atom stereocenters. The summed E-state index contributed by atoms with van der Waals surface area (Å²) in [6, 6.07) is 14.5. The molecule has 0 aromatic heterocycles. The van der Waals surface area contributed by atoms with Gasteiger partial charge in [-0.1, -0.05) is 30.3 Å². The third kappa shape index (κ3) is 3.11. The van der Waals surface area contributed by atoms with E-state index in [1.807, 2.05) is 30.3 Å². The Hall–Kier alpha value is -2.20. The molecule has 1 aliphatic rings. The Kier molecular flexibility index (Phi) is 3.97. The second-order valence-corrected chi connectivity index (χ2v) is 5.06. The van der Waals surface area contributed by atoms with Crippen LogP contribution in [0.1, 0.15) is 10.9 Å². The Morgan fingerprint density at radius 1 is 1.05 bits per heavy atom. The zero-order chi connectivity index (χ0) is 14.7. The summed E-state index contributed by atoms with van der Waals surface area (Å²) in [5.74, 6) is 1.04. The van der Waals surface area contributed by atoms with Crippen molar-refractivity contribution >= 4 is 23.2 Å². The Morgan fingerprint density at radius 2 is 1.76 bits per heavy atom. The minimum Gasteiger partial charge on any atom is -0.486 e. The molecule has 3 rings (SSSR count). The van der Waals surface area contributed by atoms with Crippen LogP contribution in [-0.2, 0) is 4.79 Å². The van der Waals surface area contributed by atoms with Crippen molar-refractivity contribution in [2.24, 2.45) is 0 Å². The summed E-state index contributed by atoms with van der Waals surface area (Å²) in [5.41, 5.74) is 1.39. The van der Waals surface area contributed by atoms with Crippen LogP contribution in [0.4, 0.5) is 5.69 Å². The van der Waals surface area contributed by atoms with Gasteiger partial charge in [0.15, 0.2) is 11.5 Å².